The first-order valence-corrected chi connectivity index (χ1v) is 6.56. The lowest BCUT2D eigenvalue weighted by Crippen LogP contribution is -2.08. The van der Waals surface area contributed by atoms with E-state index >= 15 is 0 Å². The average molecular weight is 330 g/mol. The Bertz CT molecular complexity index is 562. The third kappa shape index (κ3) is 3.00. The molecule has 0 aliphatic rings. The molecule has 0 aliphatic heterocycles. The maximum absolute atomic E-state index is 13.0. The van der Waals surface area contributed by atoms with Gasteiger partial charge in [-0.3, -0.25) is 4.98 Å². The van der Waals surface area contributed by atoms with Crippen LogP contribution in [0, 0.1) is 5.82 Å². The van der Waals surface area contributed by atoms with Gasteiger partial charge in [0.1, 0.15) is 5.82 Å². The van der Waals surface area contributed by atoms with Gasteiger partial charge in [0.2, 0.25) is 0 Å². The summed E-state index contributed by atoms with van der Waals surface area (Å²) in [6.45, 7) is 1.97. The third-order valence-electron chi connectivity index (χ3n) is 2.57. The lowest BCUT2D eigenvalue weighted by molar-refractivity contribution is 0.625. The second-order valence-electron chi connectivity index (χ2n) is 3.89. The normalized spacial score (nSPS) is 12.2. The molecule has 1 aromatic carbocycles. The summed E-state index contributed by atoms with van der Waals surface area (Å²) in [5.74, 6) is -0.266. The van der Waals surface area contributed by atoms with E-state index in [1.54, 1.807) is 24.5 Å². The number of rotatable bonds is 3. The van der Waals surface area contributed by atoms with E-state index in [-0.39, 0.29) is 11.9 Å². The van der Waals surface area contributed by atoms with E-state index in [4.69, 9.17) is 11.6 Å². The number of hydrogen-bond acceptors (Lipinski definition) is 2. The molecular formula is C13H11BrClFN2. The summed E-state index contributed by atoms with van der Waals surface area (Å²) in [4.78, 5) is 4.01. The van der Waals surface area contributed by atoms with Crippen molar-refractivity contribution in [2.75, 3.05) is 5.32 Å². The van der Waals surface area contributed by atoms with Gasteiger partial charge in [0.25, 0.3) is 0 Å². The zero-order valence-corrected chi connectivity index (χ0v) is 12.0. The van der Waals surface area contributed by atoms with Crippen molar-refractivity contribution < 1.29 is 4.39 Å². The van der Waals surface area contributed by atoms with Gasteiger partial charge in [0, 0.05) is 16.7 Å². The van der Waals surface area contributed by atoms with Crippen molar-refractivity contribution in [3.05, 3.63) is 57.5 Å². The molecule has 0 saturated carbocycles. The average Bonchev–Trinajstić information content (AvgIpc) is 2.32. The number of benzene rings is 1. The van der Waals surface area contributed by atoms with Gasteiger partial charge in [-0.05, 0) is 30.7 Å². The number of aromatic nitrogens is 1. The van der Waals surface area contributed by atoms with Gasteiger partial charge in [0.15, 0.2) is 0 Å². The maximum Gasteiger partial charge on any atom is 0.124 e. The van der Waals surface area contributed by atoms with Crippen LogP contribution in [0.5, 0.6) is 0 Å². The van der Waals surface area contributed by atoms with Crippen molar-refractivity contribution in [3.63, 3.8) is 0 Å². The molecule has 1 N–H and O–H groups in total. The SMILES string of the molecule is CC(Nc1cnccc1Cl)c1ccc(F)cc1Br. The first-order valence-electron chi connectivity index (χ1n) is 5.39. The van der Waals surface area contributed by atoms with Crippen LogP contribution in [0.3, 0.4) is 0 Å². The molecule has 1 heterocycles. The first kappa shape index (κ1) is 13.3. The highest BCUT2D eigenvalue weighted by atomic mass is 79.9. The van der Waals surface area contributed by atoms with E-state index in [0.717, 1.165) is 15.7 Å². The minimum absolute atomic E-state index is 0.0123. The van der Waals surface area contributed by atoms with Gasteiger partial charge in [-0.2, -0.15) is 0 Å². The van der Waals surface area contributed by atoms with Crippen LogP contribution in [0.15, 0.2) is 41.1 Å². The predicted molar refractivity (Wildman–Crippen MR) is 75.4 cm³/mol. The molecule has 5 heteroatoms. The molecular weight excluding hydrogens is 319 g/mol. The number of pyridine rings is 1. The molecule has 0 aliphatic carbocycles. The smallest absolute Gasteiger partial charge is 0.124 e. The van der Waals surface area contributed by atoms with E-state index < -0.39 is 0 Å². The van der Waals surface area contributed by atoms with Gasteiger partial charge >= 0.3 is 0 Å². The lowest BCUT2D eigenvalue weighted by Gasteiger charge is -2.17. The molecule has 1 atom stereocenters. The molecule has 1 aromatic heterocycles. The number of hydrogen-bond donors (Lipinski definition) is 1. The minimum atomic E-state index is -0.266. The van der Waals surface area contributed by atoms with E-state index in [0.29, 0.717) is 5.02 Å². The largest absolute Gasteiger partial charge is 0.376 e. The summed E-state index contributed by atoms with van der Waals surface area (Å²) in [6, 6.07) is 6.32. The summed E-state index contributed by atoms with van der Waals surface area (Å²) < 4.78 is 13.7. The van der Waals surface area contributed by atoms with Crippen LogP contribution in [-0.4, -0.2) is 4.98 Å². The Balaban J connectivity index is 2.22. The quantitative estimate of drug-likeness (QED) is 0.874. The molecule has 2 nitrogen and oxygen atoms in total. The second kappa shape index (κ2) is 5.67. The highest BCUT2D eigenvalue weighted by Crippen LogP contribution is 2.29. The van der Waals surface area contributed by atoms with Crippen molar-refractivity contribution in [1.82, 2.24) is 4.98 Å². The molecule has 0 radical (unpaired) electrons. The van der Waals surface area contributed by atoms with Crippen LogP contribution in [0.25, 0.3) is 0 Å². The first-order chi connectivity index (χ1) is 8.58. The highest BCUT2D eigenvalue weighted by Gasteiger charge is 2.11. The van der Waals surface area contributed by atoms with Crippen molar-refractivity contribution >= 4 is 33.2 Å². The van der Waals surface area contributed by atoms with Crippen LogP contribution in [0.2, 0.25) is 5.02 Å². The predicted octanol–water partition coefficient (Wildman–Crippen LogP) is 4.81. The van der Waals surface area contributed by atoms with E-state index in [2.05, 4.69) is 26.2 Å². The summed E-state index contributed by atoms with van der Waals surface area (Å²) in [5.41, 5.74) is 1.71. The number of nitrogens with one attached hydrogen (secondary N) is 1. The summed E-state index contributed by atoms with van der Waals surface area (Å²) in [5, 5.41) is 3.85. The number of halogens is 3. The lowest BCUT2D eigenvalue weighted by atomic mass is 10.1. The third-order valence-corrected chi connectivity index (χ3v) is 3.59. The van der Waals surface area contributed by atoms with Crippen molar-refractivity contribution in [2.45, 2.75) is 13.0 Å². The van der Waals surface area contributed by atoms with Crippen LogP contribution in [-0.2, 0) is 0 Å². The molecule has 0 saturated heterocycles. The van der Waals surface area contributed by atoms with Crippen LogP contribution < -0.4 is 5.32 Å². The van der Waals surface area contributed by atoms with Gasteiger partial charge in [-0.25, -0.2) is 4.39 Å². The fourth-order valence-corrected chi connectivity index (χ4v) is 2.50. The molecule has 94 valence electrons. The molecule has 2 rings (SSSR count). The molecule has 2 aromatic rings. The second-order valence-corrected chi connectivity index (χ2v) is 5.15. The van der Waals surface area contributed by atoms with Gasteiger partial charge in [-0.15, -0.1) is 0 Å². The van der Waals surface area contributed by atoms with Crippen LogP contribution in [0.4, 0.5) is 10.1 Å². The molecule has 18 heavy (non-hydrogen) atoms. The molecule has 0 amide bonds. The Morgan fingerprint density at radius 3 is 2.83 bits per heavy atom. The Hall–Kier alpha value is -1.13. The molecule has 0 fully saturated rings. The van der Waals surface area contributed by atoms with Crippen molar-refractivity contribution in [1.29, 1.82) is 0 Å². The fourth-order valence-electron chi connectivity index (χ4n) is 1.65. The molecule has 0 bridgehead atoms. The maximum atomic E-state index is 13.0. The standard InChI is InChI=1S/C13H11BrClFN2/c1-8(10-3-2-9(16)6-11(10)14)18-13-7-17-5-4-12(13)15/h2-8,18H,1H3. The van der Waals surface area contributed by atoms with E-state index in [1.807, 2.05) is 6.92 Å². The summed E-state index contributed by atoms with van der Waals surface area (Å²) >= 11 is 9.40. The Morgan fingerprint density at radius 2 is 2.17 bits per heavy atom. The highest BCUT2D eigenvalue weighted by molar-refractivity contribution is 9.10. The Labute approximate surface area is 118 Å². The van der Waals surface area contributed by atoms with Gasteiger partial charge in [0.05, 0.1) is 16.9 Å². The number of anilines is 1. The Kier molecular flexibility index (Phi) is 4.19. The Morgan fingerprint density at radius 1 is 1.39 bits per heavy atom. The van der Waals surface area contributed by atoms with Crippen LogP contribution >= 0.6 is 27.5 Å². The topological polar surface area (TPSA) is 24.9 Å². The minimum Gasteiger partial charge on any atom is -0.376 e. The van der Waals surface area contributed by atoms with Gasteiger partial charge < -0.3 is 5.32 Å². The van der Waals surface area contributed by atoms with E-state index in [1.165, 1.54) is 12.1 Å². The summed E-state index contributed by atoms with van der Waals surface area (Å²) in [6.07, 6.45) is 3.29. The molecule has 1 unspecified atom stereocenters. The number of nitrogens with zero attached hydrogens (tertiary/aromatic N) is 1. The van der Waals surface area contributed by atoms with Crippen molar-refractivity contribution in [3.8, 4) is 0 Å². The zero-order valence-electron chi connectivity index (χ0n) is 9.62. The summed E-state index contributed by atoms with van der Waals surface area (Å²) in [7, 11) is 0. The van der Waals surface area contributed by atoms with E-state index in [9.17, 15) is 4.39 Å². The zero-order chi connectivity index (χ0) is 13.1. The fraction of sp³-hybridized carbons (Fsp3) is 0.154. The molecule has 0 spiro atoms. The van der Waals surface area contributed by atoms with Crippen molar-refractivity contribution in [2.24, 2.45) is 0 Å². The monoisotopic (exact) mass is 328 g/mol. The van der Waals surface area contributed by atoms with Gasteiger partial charge in [-0.1, -0.05) is 33.6 Å². The van der Waals surface area contributed by atoms with Crippen LogP contribution in [0.1, 0.15) is 18.5 Å².